The third kappa shape index (κ3) is 9.44. The molecule has 0 saturated heterocycles. The van der Waals surface area contributed by atoms with Crippen molar-refractivity contribution in [2.45, 2.75) is 78.5 Å². The van der Waals surface area contributed by atoms with Gasteiger partial charge in [-0.2, -0.15) is 0 Å². The van der Waals surface area contributed by atoms with Gasteiger partial charge in [0.2, 0.25) is 11.8 Å². The maximum Gasteiger partial charge on any atom is 0.408 e. The highest BCUT2D eigenvalue weighted by molar-refractivity contribution is 5.92. The van der Waals surface area contributed by atoms with Crippen LogP contribution in [0, 0.1) is 6.92 Å². The van der Waals surface area contributed by atoms with Crippen LogP contribution in [0.3, 0.4) is 0 Å². The Bertz CT molecular complexity index is 1050. The van der Waals surface area contributed by atoms with Crippen LogP contribution in [0.5, 0.6) is 5.75 Å². The highest BCUT2D eigenvalue weighted by atomic mass is 16.6. The number of hydrogen-bond donors (Lipinski definition) is 3. The number of amides is 3. The summed E-state index contributed by atoms with van der Waals surface area (Å²) in [6.45, 7) is 11.8. The molecule has 0 radical (unpaired) electrons. The number of ether oxygens (including phenoxy) is 1. The normalized spacial score (nSPS) is 12.8. The number of aryl methyl sites for hydroxylation is 1. The second-order valence-electron chi connectivity index (χ2n) is 10.2. The largest absolute Gasteiger partial charge is 0.508 e. The molecule has 2 atom stereocenters. The van der Waals surface area contributed by atoms with Crippen LogP contribution in [-0.2, 0) is 20.7 Å². The summed E-state index contributed by atoms with van der Waals surface area (Å²) in [4.78, 5) is 41.6. The molecule has 8 heteroatoms. The Labute approximate surface area is 220 Å². The zero-order chi connectivity index (χ0) is 27.6. The van der Waals surface area contributed by atoms with Crippen LogP contribution in [0.2, 0.25) is 0 Å². The van der Waals surface area contributed by atoms with Crippen molar-refractivity contribution in [1.82, 2.24) is 15.5 Å². The molecule has 2 aromatic rings. The van der Waals surface area contributed by atoms with Crippen molar-refractivity contribution in [3.63, 3.8) is 0 Å². The minimum atomic E-state index is -0.991. The molecule has 0 bridgehead atoms. The summed E-state index contributed by atoms with van der Waals surface area (Å²) in [6, 6.07) is 12.1. The quantitative estimate of drug-likeness (QED) is 0.381. The number of nitrogens with zero attached hydrogens (tertiary/aromatic N) is 1. The minimum absolute atomic E-state index is 0.102. The first-order chi connectivity index (χ1) is 17.4. The molecule has 0 saturated carbocycles. The van der Waals surface area contributed by atoms with E-state index in [2.05, 4.69) is 10.6 Å². The van der Waals surface area contributed by atoms with Gasteiger partial charge in [0.15, 0.2) is 0 Å². The maximum atomic E-state index is 14.0. The van der Waals surface area contributed by atoms with Gasteiger partial charge in [0, 0.05) is 19.5 Å². The summed E-state index contributed by atoms with van der Waals surface area (Å²) < 4.78 is 5.42. The summed E-state index contributed by atoms with van der Waals surface area (Å²) in [5.41, 5.74) is 1.66. The van der Waals surface area contributed by atoms with E-state index in [-0.39, 0.29) is 24.6 Å². The third-order valence-corrected chi connectivity index (χ3v) is 5.74. The van der Waals surface area contributed by atoms with Crippen LogP contribution in [0.4, 0.5) is 4.79 Å². The smallest absolute Gasteiger partial charge is 0.408 e. The third-order valence-electron chi connectivity index (χ3n) is 5.74. The monoisotopic (exact) mass is 511 g/mol. The van der Waals surface area contributed by atoms with Crippen LogP contribution in [0.1, 0.15) is 70.2 Å². The van der Waals surface area contributed by atoms with Crippen LogP contribution >= 0.6 is 0 Å². The van der Waals surface area contributed by atoms with E-state index in [4.69, 9.17) is 4.74 Å². The Balaban J connectivity index is 2.44. The zero-order valence-corrected chi connectivity index (χ0v) is 22.8. The van der Waals surface area contributed by atoms with Gasteiger partial charge in [0.05, 0.1) is 0 Å². The lowest BCUT2D eigenvalue weighted by Crippen LogP contribution is -2.53. The molecule has 0 heterocycles. The van der Waals surface area contributed by atoms with E-state index in [1.54, 1.807) is 32.9 Å². The molecule has 0 aromatic heterocycles. The number of phenolic OH excluding ortho intramolecular Hbond substituents is 1. The van der Waals surface area contributed by atoms with Crippen LogP contribution in [0.15, 0.2) is 48.5 Å². The Morgan fingerprint density at radius 3 is 2.30 bits per heavy atom. The van der Waals surface area contributed by atoms with Gasteiger partial charge in [0.1, 0.15) is 23.4 Å². The van der Waals surface area contributed by atoms with E-state index in [0.29, 0.717) is 12.1 Å². The number of rotatable bonds is 11. The van der Waals surface area contributed by atoms with Gasteiger partial charge in [0.25, 0.3) is 0 Å². The molecule has 0 aliphatic heterocycles. The SMILES string of the molecule is CCCCNC(=O)C(c1cccc(C)c1)N(CC)C(=O)C(Cc1ccc(O)cc1)NC(=O)OC(C)(C)C. The van der Waals surface area contributed by atoms with E-state index in [9.17, 15) is 19.5 Å². The minimum Gasteiger partial charge on any atom is -0.508 e. The predicted octanol–water partition coefficient (Wildman–Crippen LogP) is 4.64. The number of likely N-dealkylation sites (N-methyl/N-ethyl adjacent to an activating group) is 1. The molecule has 8 nitrogen and oxygen atoms in total. The molecule has 2 unspecified atom stereocenters. The first-order valence-corrected chi connectivity index (χ1v) is 12.9. The molecular formula is C29H41N3O5. The number of nitrogens with one attached hydrogen (secondary N) is 2. The first kappa shape index (κ1) is 29.7. The average molecular weight is 512 g/mol. The van der Waals surface area contributed by atoms with E-state index < -0.39 is 29.7 Å². The van der Waals surface area contributed by atoms with Gasteiger partial charge in [-0.25, -0.2) is 4.79 Å². The van der Waals surface area contributed by atoms with E-state index >= 15 is 0 Å². The fraction of sp³-hybridized carbons (Fsp3) is 0.483. The standard InChI is InChI=1S/C29H41N3O5/c1-7-9-17-30-26(34)25(22-12-10-11-20(3)18-22)32(8-2)27(35)24(31-28(36)37-29(4,5)6)19-21-13-15-23(33)16-14-21/h10-16,18,24-25,33H,7-9,17,19H2,1-6H3,(H,30,34)(H,31,36). The summed E-state index contributed by atoms with van der Waals surface area (Å²) in [5.74, 6) is -0.571. The summed E-state index contributed by atoms with van der Waals surface area (Å²) in [7, 11) is 0. The van der Waals surface area contributed by atoms with E-state index in [0.717, 1.165) is 24.0 Å². The molecule has 2 aromatic carbocycles. The number of unbranched alkanes of at least 4 members (excludes halogenated alkanes) is 1. The van der Waals surface area contributed by atoms with E-state index in [1.807, 2.05) is 45.0 Å². The highest BCUT2D eigenvalue weighted by Crippen LogP contribution is 2.24. The first-order valence-electron chi connectivity index (χ1n) is 12.9. The Morgan fingerprint density at radius 1 is 1.05 bits per heavy atom. The lowest BCUT2D eigenvalue weighted by Gasteiger charge is -2.34. The molecule has 2 rings (SSSR count). The van der Waals surface area contributed by atoms with Crippen molar-refractivity contribution in [2.24, 2.45) is 0 Å². The van der Waals surface area contributed by atoms with Crippen LogP contribution in [0.25, 0.3) is 0 Å². The molecule has 0 aliphatic rings. The molecule has 202 valence electrons. The molecule has 3 amide bonds. The molecule has 37 heavy (non-hydrogen) atoms. The number of hydrogen-bond acceptors (Lipinski definition) is 5. The van der Waals surface area contributed by atoms with Crippen molar-refractivity contribution in [3.05, 3.63) is 65.2 Å². The zero-order valence-electron chi connectivity index (χ0n) is 22.8. The van der Waals surface area contributed by atoms with Gasteiger partial charge in [-0.3, -0.25) is 9.59 Å². The summed E-state index contributed by atoms with van der Waals surface area (Å²) in [6.07, 6.45) is 1.20. The predicted molar refractivity (Wildman–Crippen MR) is 144 cm³/mol. The van der Waals surface area contributed by atoms with Crippen molar-refractivity contribution in [3.8, 4) is 5.75 Å². The van der Waals surface area contributed by atoms with Gasteiger partial charge in [-0.1, -0.05) is 55.3 Å². The van der Waals surface area contributed by atoms with Gasteiger partial charge in [-0.15, -0.1) is 0 Å². The van der Waals surface area contributed by atoms with Crippen molar-refractivity contribution in [2.75, 3.05) is 13.1 Å². The number of alkyl carbamates (subject to hydrolysis) is 1. The summed E-state index contributed by atoms with van der Waals surface area (Å²) >= 11 is 0. The Kier molecular flexibility index (Phi) is 11.0. The van der Waals surface area contributed by atoms with Crippen molar-refractivity contribution in [1.29, 1.82) is 0 Å². The number of benzene rings is 2. The fourth-order valence-electron chi connectivity index (χ4n) is 3.98. The average Bonchev–Trinajstić information content (AvgIpc) is 2.81. The molecule has 0 aliphatic carbocycles. The summed E-state index contributed by atoms with van der Waals surface area (Å²) in [5, 5.41) is 15.3. The molecule has 0 fully saturated rings. The second-order valence-corrected chi connectivity index (χ2v) is 10.2. The number of aromatic hydroxyl groups is 1. The lowest BCUT2D eigenvalue weighted by atomic mass is 9.99. The molecule has 3 N–H and O–H groups in total. The van der Waals surface area contributed by atoms with Gasteiger partial charge >= 0.3 is 6.09 Å². The van der Waals surface area contributed by atoms with Crippen LogP contribution in [-0.4, -0.2) is 52.6 Å². The molecule has 0 spiro atoms. The second kappa shape index (κ2) is 13.7. The van der Waals surface area contributed by atoms with Crippen LogP contribution < -0.4 is 10.6 Å². The van der Waals surface area contributed by atoms with Crippen molar-refractivity contribution < 1.29 is 24.2 Å². The maximum absolute atomic E-state index is 14.0. The highest BCUT2D eigenvalue weighted by Gasteiger charge is 2.35. The fourth-order valence-corrected chi connectivity index (χ4v) is 3.98. The lowest BCUT2D eigenvalue weighted by molar-refractivity contribution is -0.142. The van der Waals surface area contributed by atoms with E-state index in [1.165, 1.54) is 17.0 Å². The van der Waals surface area contributed by atoms with Gasteiger partial charge in [-0.05, 0) is 64.3 Å². The number of carbonyl (C=O) groups excluding carboxylic acids is 3. The Hall–Kier alpha value is -3.55. The topological polar surface area (TPSA) is 108 Å². The Morgan fingerprint density at radius 2 is 1.73 bits per heavy atom. The van der Waals surface area contributed by atoms with Crippen molar-refractivity contribution >= 4 is 17.9 Å². The van der Waals surface area contributed by atoms with Gasteiger partial charge < -0.3 is 25.4 Å². The molecular weight excluding hydrogens is 470 g/mol. The number of phenols is 1. The number of carbonyl (C=O) groups is 3.